The molecule has 1 aliphatic rings. The molecule has 0 bridgehead atoms. The smallest absolute Gasteiger partial charge is 0.118 e. The Labute approximate surface area is 106 Å². The van der Waals surface area contributed by atoms with E-state index >= 15 is 0 Å². The number of hydrogen-bond donors (Lipinski definition) is 0. The first-order chi connectivity index (χ1) is 8.40. The Bertz CT molecular complexity index is 446. The van der Waals surface area contributed by atoms with E-state index in [0.29, 0.717) is 0 Å². The fourth-order valence-corrected chi connectivity index (χ4v) is 2.12. The van der Waals surface area contributed by atoms with Crippen LogP contribution in [0.15, 0.2) is 46.8 Å². The maximum atomic E-state index is 5.15. The Kier molecular flexibility index (Phi) is 4.45. The minimum Gasteiger partial charge on any atom is -0.497 e. The van der Waals surface area contributed by atoms with Crippen LogP contribution in [0.5, 0.6) is 5.75 Å². The standard InChI is InChI=1S/C14H15NOS/c1-16-13-7-5-12(6-8-13)14-4-2-10-17-11-3-9-15-14/h3-9,11H,2,10H2,1H3/b11-3+,14-4+,15-9-. The van der Waals surface area contributed by atoms with Gasteiger partial charge in [-0.2, -0.15) is 0 Å². The predicted molar refractivity (Wildman–Crippen MR) is 75.7 cm³/mol. The van der Waals surface area contributed by atoms with Gasteiger partial charge in [0.1, 0.15) is 5.75 Å². The van der Waals surface area contributed by atoms with Gasteiger partial charge in [-0.3, -0.25) is 4.99 Å². The highest BCUT2D eigenvalue weighted by Crippen LogP contribution is 2.21. The predicted octanol–water partition coefficient (Wildman–Crippen LogP) is 3.76. The first-order valence-electron chi connectivity index (χ1n) is 5.55. The minimum absolute atomic E-state index is 0.872. The molecular weight excluding hydrogens is 230 g/mol. The lowest BCUT2D eigenvalue weighted by molar-refractivity contribution is 0.415. The Morgan fingerprint density at radius 3 is 2.82 bits per heavy atom. The number of rotatable bonds is 2. The minimum atomic E-state index is 0.872. The lowest BCUT2D eigenvalue weighted by atomic mass is 10.1. The van der Waals surface area contributed by atoms with Crippen molar-refractivity contribution >= 4 is 23.7 Å². The highest BCUT2D eigenvalue weighted by Gasteiger charge is 2.00. The highest BCUT2D eigenvalue weighted by molar-refractivity contribution is 8.02. The summed E-state index contributed by atoms with van der Waals surface area (Å²) in [5.41, 5.74) is 2.15. The third-order valence-electron chi connectivity index (χ3n) is 2.43. The Morgan fingerprint density at radius 1 is 1.24 bits per heavy atom. The molecule has 1 aliphatic heterocycles. The van der Waals surface area contributed by atoms with E-state index in [9.17, 15) is 0 Å². The summed E-state index contributed by atoms with van der Waals surface area (Å²) in [6.45, 7) is 0. The van der Waals surface area contributed by atoms with Gasteiger partial charge in [0, 0.05) is 17.5 Å². The zero-order chi connectivity index (χ0) is 11.9. The van der Waals surface area contributed by atoms with Crippen LogP contribution in [0.4, 0.5) is 0 Å². The summed E-state index contributed by atoms with van der Waals surface area (Å²) in [6, 6.07) is 8.00. The fraction of sp³-hybridized carbons (Fsp3) is 0.214. The molecule has 0 aromatic heterocycles. The maximum Gasteiger partial charge on any atom is 0.118 e. The number of methoxy groups -OCH3 is 1. The number of benzene rings is 1. The van der Waals surface area contributed by atoms with Crippen molar-refractivity contribution in [1.29, 1.82) is 0 Å². The summed E-state index contributed by atoms with van der Waals surface area (Å²) in [4.78, 5) is 4.46. The number of nitrogens with zero attached hydrogens (tertiary/aromatic N) is 1. The molecular formula is C14H15NOS. The summed E-state index contributed by atoms with van der Waals surface area (Å²) in [7, 11) is 1.68. The van der Waals surface area contributed by atoms with Crippen LogP contribution in [-0.2, 0) is 0 Å². The molecule has 1 aromatic carbocycles. The molecule has 1 aromatic rings. The number of thioether (sulfide) groups is 1. The second kappa shape index (κ2) is 6.30. The average Bonchev–Trinajstić information content (AvgIpc) is 2.52. The zero-order valence-electron chi connectivity index (χ0n) is 9.80. The Hall–Kier alpha value is -1.48. The van der Waals surface area contributed by atoms with Crippen molar-refractivity contribution in [1.82, 2.24) is 0 Å². The molecule has 0 radical (unpaired) electrons. The second-order valence-electron chi connectivity index (χ2n) is 3.58. The number of aliphatic imine (C=N–C) groups is 1. The van der Waals surface area contributed by atoms with Gasteiger partial charge >= 0.3 is 0 Å². The molecule has 2 rings (SSSR count). The molecule has 2 nitrogen and oxygen atoms in total. The average molecular weight is 245 g/mol. The molecule has 0 amide bonds. The monoisotopic (exact) mass is 245 g/mol. The van der Waals surface area contributed by atoms with Crippen LogP contribution in [0.1, 0.15) is 12.0 Å². The molecule has 0 N–H and O–H groups in total. The van der Waals surface area contributed by atoms with Crippen LogP contribution in [0.3, 0.4) is 0 Å². The first kappa shape index (κ1) is 12.0. The summed E-state index contributed by atoms with van der Waals surface area (Å²) >= 11 is 1.81. The molecule has 0 unspecified atom stereocenters. The second-order valence-corrected chi connectivity index (χ2v) is 4.60. The van der Waals surface area contributed by atoms with Crippen molar-refractivity contribution in [3.05, 3.63) is 47.4 Å². The quantitative estimate of drug-likeness (QED) is 0.791. The number of allylic oxidation sites excluding steroid dienone is 2. The van der Waals surface area contributed by atoms with Crippen molar-refractivity contribution in [2.45, 2.75) is 6.42 Å². The Balaban J connectivity index is 2.23. The lowest BCUT2D eigenvalue weighted by Gasteiger charge is -2.04. The fourth-order valence-electron chi connectivity index (χ4n) is 1.55. The van der Waals surface area contributed by atoms with Gasteiger partial charge in [-0.05, 0) is 42.2 Å². The van der Waals surface area contributed by atoms with Gasteiger partial charge < -0.3 is 4.74 Å². The normalized spacial score (nSPS) is 22.5. The van der Waals surface area contributed by atoms with E-state index in [2.05, 4.69) is 16.5 Å². The van der Waals surface area contributed by atoms with Crippen LogP contribution < -0.4 is 4.74 Å². The topological polar surface area (TPSA) is 21.6 Å². The van der Waals surface area contributed by atoms with Gasteiger partial charge in [0.25, 0.3) is 0 Å². The van der Waals surface area contributed by atoms with Gasteiger partial charge in [-0.15, -0.1) is 11.8 Å². The molecule has 0 saturated carbocycles. The van der Waals surface area contributed by atoms with E-state index in [1.807, 2.05) is 48.3 Å². The number of hydrogen-bond acceptors (Lipinski definition) is 3. The van der Waals surface area contributed by atoms with Crippen molar-refractivity contribution < 1.29 is 4.74 Å². The molecule has 3 heteroatoms. The molecule has 0 fully saturated rings. The van der Waals surface area contributed by atoms with Crippen LogP contribution in [0, 0.1) is 0 Å². The molecule has 0 aliphatic carbocycles. The van der Waals surface area contributed by atoms with Crippen molar-refractivity contribution in [2.24, 2.45) is 4.99 Å². The molecule has 1 heterocycles. The van der Waals surface area contributed by atoms with Gasteiger partial charge in [-0.1, -0.05) is 6.08 Å². The van der Waals surface area contributed by atoms with E-state index in [0.717, 1.165) is 29.2 Å². The summed E-state index contributed by atoms with van der Waals surface area (Å²) < 4.78 is 5.15. The Morgan fingerprint density at radius 2 is 2.06 bits per heavy atom. The maximum absolute atomic E-state index is 5.15. The summed E-state index contributed by atoms with van der Waals surface area (Å²) in [5.74, 6) is 1.97. The van der Waals surface area contributed by atoms with Gasteiger partial charge in [0.05, 0.1) is 12.8 Å². The zero-order valence-corrected chi connectivity index (χ0v) is 10.6. The number of ether oxygens (including phenoxy) is 1. The van der Waals surface area contributed by atoms with E-state index in [1.54, 1.807) is 7.11 Å². The van der Waals surface area contributed by atoms with E-state index in [4.69, 9.17) is 4.74 Å². The molecule has 0 spiro atoms. The molecule has 17 heavy (non-hydrogen) atoms. The van der Waals surface area contributed by atoms with Crippen LogP contribution in [0.25, 0.3) is 5.70 Å². The van der Waals surface area contributed by atoms with Crippen molar-refractivity contribution in [3.63, 3.8) is 0 Å². The molecule has 0 saturated heterocycles. The highest BCUT2D eigenvalue weighted by atomic mass is 32.2. The van der Waals surface area contributed by atoms with Gasteiger partial charge in [0.15, 0.2) is 0 Å². The molecule has 88 valence electrons. The van der Waals surface area contributed by atoms with E-state index in [1.165, 1.54) is 0 Å². The van der Waals surface area contributed by atoms with Crippen molar-refractivity contribution in [2.75, 3.05) is 12.9 Å². The van der Waals surface area contributed by atoms with Crippen LogP contribution in [-0.4, -0.2) is 19.1 Å². The van der Waals surface area contributed by atoms with Gasteiger partial charge in [0.2, 0.25) is 0 Å². The lowest BCUT2D eigenvalue weighted by Crippen LogP contribution is -1.85. The van der Waals surface area contributed by atoms with E-state index < -0.39 is 0 Å². The summed E-state index contributed by atoms with van der Waals surface area (Å²) in [6.07, 6.45) is 7.04. The van der Waals surface area contributed by atoms with Crippen molar-refractivity contribution in [3.8, 4) is 5.75 Å². The van der Waals surface area contributed by atoms with Crippen LogP contribution in [0.2, 0.25) is 0 Å². The molecule has 0 atom stereocenters. The first-order valence-corrected chi connectivity index (χ1v) is 6.60. The largest absolute Gasteiger partial charge is 0.497 e. The van der Waals surface area contributed by atoms with Gasteiger partial charge in [-0.25, -0.2) is 0 Å². The van der Waals surface area contributed by atoms with Crippen LogP contribution >= 0.6 is 11.8 Å². The van der Waals surface area contributed by atoms with E-state index in [-0.39, 0.29) is 0 Å². The third-order valence-corrected chi connectivity index (χ3v) is 3.25. The SMILES string of the molecule is COc1ccc(C2=C\CCS/C=C/C=N\2)cc1. The summed E-state index contributed by atoms with van der Waals surface area (Å²) in [5, 5.41) is 2.08. The third kappa shape index (κ3) is 3.49.